The van der Waals surface area contributed by atoms with Gasteiger partial charge in [-0.25, -0.2) is 0 Å². The molecule has 3 aliphatic rings. The van der Waals surface area contributed by atoms with Gasteiger partial charge in [0.05, 0.1) is 25.6 Å². The number of esters is 1. The van der Waals surface area contributed by atoms with Gasteiger partial charge in [0.1, 0.15) is 12.2 Å². The zero-order valence-corrected chi connectivity index (χ0v) is 26.9. The van der Waals surface area contributed by atoms with E-state index in [1.165, 1.54) is 13.2 Å². The SMILES string of the molecule is C=C(C)[C@@]1(OC(O)(O)Cc2ccccc2)CC2C=C(COC(=O)Cc3ccc(O)c(OC)c3)CC3(O)C(=O)C(C)=C[C@H]3C2[C@H](C)C1. The summed E-state index contributed by atoms with van der Waals surface area (Å²) in [6.45, 7) is 9.62. The number of phenolic OH excluding ortho intramolecular Hbond substituents is 1. The Balaban J connectivity index is 1.42. The number of benzene rings is 2. The molecule has 9 nitrogen and oxygen atoms in total. The van der Waals surface area contributed by atoms with Crippen LogP contribution in [0, 0.1) is 23.7 Å². The Morgan fingerprint density at radius 3 is 2.48 bits per heavy atom. The Labute approximate surface area is 269 Å². The molecule has 0 aliphatic heterocycles. The first-order valence-corrected chi connectivity index (χ1v) is 15.7. The van der Waals surface area contributed by atoms with Crippen LogP contribution in [0.25, 0.3) is 0 Å². The van der Waals surface area contributed by atoms with Crippen LogP contribution in [0.3, 0.4) is 0 Å². The number of aliphatic hydroxyl groups is 3. The lowest BCUT2D eigenvalue weighted by Gasteiger charge is -2.51. The number of Topliss-reactive ketones (excluding diaryl/α,β-unsaturated/α-hetero) is 1. The second-order valence-electron chi connectivity index (χ2n) is 13.4. The van der Waals surface area contributed by atoms with Crippen molar-refractivity contribution in [2.24, 2.45) is 23.7 Å². The van der Waals surface area contributed by atoms with E-state index in [1.54, 1.807) is 31.2 Å². The number of hydrogen-bond acceptors (Lipinski definition) is 9. The Bertz CT molecular complexity index is 1560. The molecular formula is C37H44O9. The summed E-state index contributed by atoms with van der Waals surface area (Å²) >= 11 is 0. The van der Waals surface area contributed by atoms with E-state index in [-0.39, 0.29) is 60.9 Å². The summed E-state index contributed by atoms with van der Waals surface area (Å²) in [5.74, 6) is -4.15. The summed E-state index contributed by atoms with van der Waals surface area (Å²) in [7, 11) is 1.42. The number of methoxy groups -OCH3 is 1. The Morgan fingerprint density at radius 2 is 1.80 bits per heavy atom. The van der Waals surface area contributed by atoms with Crippen molar-refractivity contribution in [2.75, 3.05) is 13.7 Å². The maximum Gasteiger partial charge on any atom is 0.310 e. The summed E-state index contributed by atoms with van der Waals surface area (Å²) in [4.78, 5) is 26.3. The van der Waals surface area contributed by atoms with E-state index in [2.05, 4.69) is 6.58 Å². The van der Waals surface area contributed by atoms with Crippen LogP contribution >= 0.6 is 0 Å². The molecule has 0 saturated heterocycles. The van der Waals surface area contributed by atoms with Gasteiger partial charge in [0, 0.05) is 12.3 Å². The van der Waals surface area contributed by atoms with E-state index in [9.17, 15) is 30.0 Å². The molecule has 0 aromatic heterocycles. The van der Waals surface area contributed by atoms with Gasteiger partial charge >= 0.3 is 5.97 Å². The van der Waals surface area contributed by atoms with Crippen molar-refractivity contribution in [3.63, 3.8) is 0 Å². The number of allylic oxidation sites excluding steroid dienone is 1. The molecule has 0 heterocycles. The fourth-order valence-electron chi connectivity index (χ4n) is 7.83. The van der Waals surface area contributed by atoms with Crippen molar-refractivity contribution in [2.45, 2.75) is 70.1 Å². The summed E-state index contributed by atoms with van der Waals surface area (Å²) < 4.78 is 17.0. The molecular weight excluding hydrogens is 588 g/mol. The number of rotatable bonds is 10. The van der Waals surface area contributed by atoms with Crippen LogP contribution in [0.1, 0.15) is 51.2 Å². The number of aromatic hydroxyl groups is 1. The third-order valence-electron chi connectivity index (χ3n) is 9.89. The standard InChI is InChI=1S/C37H44O9/c1-22(2)35(46-37(42,43)19-25-9-7-6-8-10-25)17-24(4)33-28(20-35)14-27(18-36(41)29(33)13-23(3)34(36)40)21-45-32(39)16-26-11-12-30(38)31(15-26)44-5/h6-15,24,28-29,33,38,41-43H,1,16-21H2,2-5H3/t24-,28?,29+,33?,35+,36?/m1/s1. The molecule has 6 atom stereocenters. The molecule has 3 unspecified atom stereocenters. The lowest BCUT2D eigenvalue weighted by atomic mass is 9.59. The van der Waals surface area contributed by atoms with Gasteiger partial charge in [-0.2, -0.15) is 0 Å². The van der Waals surface area contributed by atoms with E-state index in [0.29, 0.717) is 40.7 Å². The third-order valence-corrected chi connectivity index (χ3v) is 9.89. The average Bonchev–Trinajstić information content (AvgIpc) is 3.11. The second kappa shape index (κ2) is 12.8. The molecule has 1 saturated carbocycles. The summed E-state index contributed by atoms with van der Waals surface area (Å²) in [6.07, 6.45) is 4.36. The molecule has 2 aromatic carbocycles. The Kier molecular flexibility index (Phi) is 9.35. The minimum absolute atomic E-state index is 0.00322. The topological polar surface area (TPSA) is 143 Å². The molecule has 5 rings (SSSR count). The normalized spacial score (nSPS) is 29.2. The van der Waals surface area contributed by atoms with Crippen LogP contribution in [-0.4, -0.2) is 63.1 Å². The van der Waals surface area contributed by atoms with Gasteiger partial charge in [-0.1, -0.05) is 62.1 Å². The van der Waals surface area contributed by atoms with E-state index in [4.69, 9.17) is 14.2 Å². The maximum absolute atomic E-state index is 13.4. The first kappa shape index (κ1) is 33.6. The van der Waals surface area contributed by atoms with Crippen molar-refractivity contribution in [1.29, 1.82) is 0 Å². The van der Waals surface area contributed by atoms with Gasteiger partial charge in [-0.3, -0.25) is 9.59 Å². The highest BCUT2D eigenvalue weighted by atomic mass is 16.8. The van der Waals surface area contributed by atoms with Gasteiger partial charge in [-0.05, 0) is 84.4 Å². The first-order valence-electron chi connectivity index (χ1n) is 15.7. The van der Waals surface area contributed by atoms with Crippen LogP contribution < -0.4 is 4.74 Å². The number of ketones is 1. The van der Waals surface area contributed by atoms with Crippen LogP contribution in [-0.2, 0) is 31.9 Å². The van der Waals surface area contributed by atoms with E-state index < -0.39 is 29.1 Å². The van der Waals surface area contributed by atoms with Crippen LogP contribution in [0.4, 0.5) is 0 Å². The molecule has 46 heavy (non-hydrogen) atoms. The zero-order valence-electron chi connectivity index (χ0n) is 26.9. The van der Waals surface area contributed by atoms with E-state index in [1.807, 2.05) is 44.2 Å². The molecule has 9 heteroatoms. The van der Waals surface area contributed by atoms with Crippen LogP contribution in [0.5, 0.6) is 11.5 Å². The van der Waals surface area contributed by atoms with Gasteiger partial charge in [0.15, 0.2) is 17.3 Å². The Morgan fingerprint density at radius 1 is 1.09 bits per heavy atom. The maximum atomic E-state index is 13.4. The van der Waals surface area contributed by atoms with Gasteiger partial charge in [0.25, 0.3) is 5.97 Å². The van der Waals surface area contributed by atoms with Gasteiger partial charge in [-0.15, -0.1) is 0 Å². The van der Waals surface area contributed by atoms with E-state index >= 15 is 0 Å². The number of ether oxygens (including phenoxy) is 3. The first-order chi connectivity index (χ1) is 21.7. The van der Waals surface area contributed by atoms with Crippen LogP contribution in [0.2, 0.25) is 0 Å². The molecule has 1 fully saturated rings. The molecule has 0 spiro atoms. The highest BCUT2D eigenvalue weighted by molar-refractivity contribution is 6.04. The molecule has 246 valence electrons. The van der Waals surface area contributed by atoms with Crippen molar-refractivity contribution in [3.8, 4) is 11.5 Å². The Hall–Kier alpha value is -3.76. The fraction of sp³-hybridized carbons (Fsp3) is 0.459. The average molecular weight is 633 g/mol. The predicted octanol–water partition coefficient (Wildman–Crippen LogP) is 4.57. The molecule has 2 aromatic rings. The number of fused-ring (bicyclic) bond motifs is 3. The summed E-state index contributed by atoms with van der Waals surface area (Å²) in [5.41, 5.74) is 0.229. The largest absolute Gasteiger partial charge is 0.504 e. The minimum atomic E-state index is -2.48. The fourth-order valence-corrected chi connectivity index (χ4v) is 7.83. The second-order valence-corrected chi connectivity index (χ2v) is 13.4. The van der Waals surface area contributed by atoms with Crippen molar-refractivity contribution in [1.82, 2.24) is 0 Å². The molecule has 0 amide bonds. The van der Waals surface area contributed by atoms with Crippen molar-refractivity contribution < 1.29 is 44.2 Å². The molecule has 3 aliphatic carbocycles. The highest BCUT2D eigenvalue weighted by Crippen LogP contribution is 2.56. The minimum Gasteiger partial charge on any atom is -0.504 e. The lowest BCUT2D eigenvalue weighted by molar-refractivity contribution is -0.376. The molecule has 0 bridgehead atoms. The summed E-state index contributed by atoms with van der Waals surface area (Å²) in [6, 6.07) is 13.7. The number of carbonyl (C=O) groups is 2. The van der Waals surface area contributed by atoms with Gasteiger partial charge < -0.3 is 34.6 Å². The van der Waals surface area contributed by atoms with Gasteiger partial charge in [0.2, 0.25) is 0 Å². The number of carbonyl (C=O) groups excluding carboxylic acids is 2. The molecule has 0 radical (unpaired) electrons. The predicted molar refractivity (Wildman–Crippen MR) is 171 cm³/mol. The number of hydrogen-bond donors (Lipinski definition) is 4. The third kappa shape index (κ3) is 6.69. The quantitative estimate of drug-likeness (QED) is 0.168. The summed E-state index contributed by atoms with van der Waals surface area (Å²) in [5, 5.41) is 44.1. The van der Waals surface area contributed by atoms with Crippen LogP contribution in [0.15, 0.2) is 84.0 Å². The lowest BCUT2D eigenvalue weighted by Crippen LogP contribution is -2.55. The monoisotopic (exact) mass is 632 g/mol. The molecule has 4 N–H and O–H groups in total. The van der Waals surface area contributed by atoms with Crippen molar-refractivity contribution >= 4 is 11.8 Å². The van der Waals surface area contributed by atoms with Crippen molar-refractivity contribution in [3.05, 3.63) is 95.1 Å². The highest BCUT2D eigenvalue weighted by Gasteiger charge is 2.59. The number of phenols is 1. The zero-order chi connectivity index (χ0) is 33.4. The van der Waals surface area contributed by atoms with E-state index in [0.717, 1.165) is 0 Å². The smallest absolute Gasteiger partial charge is 0.310 e.